The minimum absolute atomic E-state index is 0.204. The molecule has 1 aliphatic carbocycles. The molecule has 0 amide bonds. The predicted octanol–water partition coefficient (Wildman–Crippen LogP) is 3.78. The van der Waals surface area contributed by atoms with E-state index in [1.54, 1.807) is 6.92 Å². The fourth-order valence-electron chi connectivity index (χ4n) is 3.13. The summed E-state index contributed by atoms with van der Waals surface area (Å²) in [5.41, 5.74) is 1.88. The summed E-state index contributed by atoms with van der Waals surface area (Å²) in [5, 5.41) is 3.24. The summed E-state index contributed by atoms with van der Waals surface area (Å²) < 4.78 is 38.7. The van der Waals surface area contributed by atoms with Gasteiger partial charge in [-0.05, 0) is 42.5 Å². The van der Waals surface area contributed by atoms with Crippen molar-refractivity contribution >= 4 is 5.57 Å². The summed E-state index contributed by atoms with van der Waals surface area (Å²) >= 11 is 0. The van der Waals surface area contributed by atoms with Gasteiger partial charge in [0.05, 0.1) is 5.56 Å². The highest BCUT2D eigenvalue weighted by atomic mass is 19.4. The first-order valence-corrected chi connectivity index (χ1v) is 6.51. The standard InChI is InChI=1S/C15H16F3N/c1-10-12(3-2-4-13(10)15(16,17)18)11-5-6-14(7-11)8-19-9-14/h2-4,7,19H,5-6,8-9H2,1H3. The van der Waals surface area contributed by atoms with Gasteiger partial charge in [0.2, 0.25) is 0 Å². The number of hydrogen-bond acceptors (Lipinski definition) is 1. The third-order valence-electron chi connectivity index (χ3n) is 4.31. The van der Waals surface area contributed by atoms with E-state index in [9.17, 15) is 13.2 Å². The van der Waals surface area contributed by atoms with E-state index in [0.717, 1.165) is 43.1 Å². The normalized spacial score (nSPS) is 21.4. The van der Waals surface area contributed by atoms with Gasteiger partial charge in [-0.1, -0.05) is 18.2 Å². The molecule has 0 bridgehead atoms. The third kappa shape index (κ3) is 2.08. The van der Waals surface area contributed by atoms with Gasteiger partial charge >= 0.3 is 6.18 Å². The first-order valence-electron chi connectivity index (χ1n) is 6.51. The van der Waals surface area contributed by atoms with Gasteiger partial charge in [0, 0.05) is 18.5 Å². The van der Waals surface area contributed by atoms with Crippen molar-refractivity contribution in [3.8, 4) is 0 Å². The second kappa shape index (κ2) is 4.10. The largest absolute Gasteiger partial charge is 0.416 e. The quantitative estimate of drug-likeness (QED) is 0.816. The number of nitrogens with one attached hydrogen (secondary N) is 1. The maximum Gasteiger partial charge on any atom is 0.416 e. The lowest BCUT2D eigenvalue weighted by atomic mass is 9.81. The van der Waals surface area contributed by atoms with Crippen LogP contribution in [0.25, 0.3) is 5.57 Å². The maximum atomic E-state index is 12.9. The van der Waals surface area contributed by atoms with E-state index in [2.05, 4.69) is 11.4 Å². The van der Waals surface area contributed by atoms with E-state index in [1.165, 1.54) is 6.07 Å². The lowest BCUT2D eigenvalue weighted by Gasteiger charge is -2.37. The summed E-state index contributed by atoms with van der Waals surface area (Å²) in [6.45, 7) is 3.48. The average Bonchev–Trinajstić information content (AvgIpc) is 2.72. The number of halogens is 3. The highest BCUT2D eigenvalue weighted by Crippen LogP contribution is 2.44. The van der Waals surface area contributed by atoms with E-state index in [1.807, 2.05) is 6.07 Å². The molecule has 1 aromatic carbocycles. The van der Waals surface area contributed by atoms with Crippen LogP contribution in [0.4, 0.5) is 13.2 Å². The zero-order valence-electron chi connectivity index (χ0n) is 10.8. The minimum Gasteiger partial charge on any atom is -0.315 e. The van der Waals surface area contributed by atoms with E-state index >= 15 is 0 Å². The summed E-state index contributed by atoms with van der Waals surface area (Å²) in [7, 11) is 0. The van der Waals surface area contributed by atoms with Crippen molar-refractivity contribution in [2.45, 2.75) is 25.9 Å². The van der Waals surface area contributed by atoms with E-state index in [0.29, 0.717) is 5.56 Å². The van der Waals surface area contributed by atoms with Crippen LogP contribution in [0.5, 0.6) is 0 Å². The Kier molecular flexibility index (Phi) is 2.75. The molecule has 102 valence electrons. The Labute approximate surface area is 110 Å². The summed E-state index contributed by atoms with van der Waals surface area (Å²) in [5.74, 6) is 0. The first kappa shape index (κ1) is 12.7. The fourth-order valence-corrected chi connectivity index (χ4v) is 3.13. The van der Waals surface area contributed by atoms with Crippen LogP contribution in [-0.4, -0.2) is 13.1 Å². The van der Waals surface area contributed by atoms with Crippen LogP contribution in [0, 0.1) is 12.3 Å². The van der Waals surface area contributed by atoms with Crippen molar-refractivity contribution in [2.24, 2.45) is 5.41 Å². The van der Waals surface area contributed by atoms with Crippen LogP contribution >= 0.6 is 0 Å². The Hall–Kier alpha value is -1.29. The SMILES string of the molecule is Cc1c(C2=CC3(CC2)CNC3)cccc1C(F)(F)F. The Morgan fingerprint density at radius 1 is 1.21 bits per heavy atom. The summed E-state index contributed by atoms with van der Waals surface area (Å²) in [4.78, 5) is 0. The molecular weight excluding hydrogens is 251 g/mol. The highest BCUT2D eigenvalue weighted by Gasteiger charge is 2.39. The Morgan fingerprint density at radius 2 is 1.95 bits per heavy atom. The molecule has 1 nitrogen and oxygen atoms in total. The van der Waals surface area contributed by atoms with Gasteiger partial charge in [-0.2, -0.15) is 13.2 Å². The topological polar surface area (TPSA) is 12.0 Å². The second-order valence-corrected chi connectivity index (χ2v) is 5.61. The predicted molar refractivity (Wildman–Crippen MR) is 68.7 cm³/mol. The zero-order valence-corrected chi connectivity index (χ0v) is 10.8. The molecule has 0 aromatic heterocycles. The molecule has 1 N–H and O–H groups in total. The molecule has 1 saturated heterocycles. The number of benzene rings is 1. The van der Waals surface area contributed by atoms with E-state index < -0.39 is 11.7 Å². The molecule has 1 aromatic rings. The second-order valence-electron chi connectivity index (χ2n) is 5.61. The van der Waals surface area contributed by atoms with Crippen LogP contribution in [-0.2, 0) is 6.18 Å². The highest BCUT2D eigenvalue weighted by molar-refractivity contribution is 5.72. The third-order valence-corrected chi connectivity index (χ3v) is 4.31. The molecule has 3 rings (SSSR count). The number of rotatable bonds is 1. The van der Waals surface area contributed by atoms with Gasteiger partial charge in [0.15, 0.2) is 0 Å². The lowest BCUT2D eigenvalue weighted by Crippen LogP contribution is -2.50. The van der Waals surface area contributed by atoms with Crippen LogP contribution in [0.3, 0.4) is 0 Å². The monoisotopic (exact) mass is 267 g/mol. The van der Waals surface area contributed by atoms with Crippen LogP contribution in [0.2, 0.25) is 0 Å². The molecule has 1 spiro atoms. The molecule has 0 unspecified atom stereocenters. The summed E-state index contributed by atoms with van der Waals surface area (Å²) in [6, 6.07) is 4.48. The van der Waals surface area contributed by atoms with Crippen molar-refractivity contribution in [1.29, 1.82) is 0 Å². The maximum absolute atomic E-state index is 12.9. The number of allylic oxidation sites excluding steroid dienone is 1. The van der Waals surface area contributed by atoms with E-state index in [-0.39, 0.29) is 5.41 Å². The van der Waals surface area contributed by atoms with Gasteiger partial charge in [-0.15, -0.1) is 0 Å². The first-order chi connectivity index (χ1) is 8.91. The zero-order chi connectivity index (χ0) is 13.7. The van der Waals surface area contributed by atoms with E-state index in [4.69, 9.17) is 0 Å². The Balaban J connectivity index is 2.00. The number of alkyl halides is 3. The smallest absolute Gasteiger partial charge is 0.315 e. The van der Waals surface area contributed by atoms with Crippen LogP contribution in [0.15, 0.2) is 24.3 Å². The van der Waals surface area contributed by atoms with Crippen molar-refractivity contribution in [2.75, 3.05) is 13.1 Å². The minimum atomic E-state index is -4.27. The van der Waals surface area contributed by atoms with Crippen molar-refractivity contribution in [3.63, 3.8) is 0 Å². The van der Waals surface area contributed by atoms with Gasteiger partial charge < -0.3 is 5.32 Å². The average molecular weight is 267 g/mol. The molecule has 0 saturated carbocycles. The lowest BCUT2D eigenvalue weighted by molar-refractivity contribution is -0.138. The molecule has 0 radical (unpaired) electrons. The molecule has 19 heavy (non-hydrogen) atoms. The Morgan fingerprint density at radius 3 is 2.47 bits per heavy atom. The van der Waals surface area contributed by atoms with Gasteiger partial charge in [0.1, 0.15) is 0 Å². The van der Waals surface area contributed by atoms with Gasteiger partial charge in [-0.3, -0.25) is 0 Å². The van der Waals surface area contributed by atoms with Crippen LogP contribution < -0.4 is 5.32 Å². The van der Waals surface area contributed by atoms with Crippen molar-refractivity contribution in [1.82, 2.24) is 5.32 Å². The van der Waals surface area contributed by atoms with Crippen LogP contribution in [0.1, 0.15) is 29.5 Å². The molecule has 4 heteroatoms. The van der Waals surface area contributed by atoms with Gasteiger partial charge in [-0.25, -0.2) is 0 Å². The van der Waals surface area contributed by atoms with Crippen molar-refractivity contribution in [3.05, 3.63) is 41.0 Å². The molecule has 0 atom stereocenters. The number of hydrogen-bond donors (Lipinski definition) is 1. The molecule has 1 aliphatic heterocycles. The molecule has 2 aliphatic rings. The molecule has 1 heterocycles. The molecule has 1 fully saturated rings. The van der Waals surface area contributed by atoms with Gasteiger partial charge in [0.25, 0.3) is 0 Å². The summed E-state index contributed by atoms with van der Waals surface area (Å²) in [6.07, 6.45) is -0.157. The Bertz CT molecular complexity index is 539. The fraction of sp³-hybridized carbons (Fsp3) is 0.467. The van der Waals surface area contributed by atoms with Crippen molar-refractivity contribution < 1.29 is 13.2 Å². The molecular formula is C15H16F3N.